The number of hydrogen-bond donors (Lipinski definition) is 0. The first-order chi connectivity index (χ1) is 15.1. The van der Waals surface area contributed by atoms with Gasteiger partial charge < -0.3 is 9.47 Å². The van der Waals surface area contributed by atoms with Crippen LogP contribution in [0.2, 0.25) is 0 Å². The fourth-order valence-electron chi connectivity index (χ4n) is 3.19. The van der Waals surface area contributed by atoms with Crippen LogP contribution in [0.1, 0.15) is 20.9 Å². The Morgan fingerprint density at radius 2 is 1.74 bits per heavy atom. The molecule has 6 nitrogen and oxygen atoms in total. The number of para-hydroxylation sites is 1. The molecule has 4 rings (SSSR count). The third kappa shape index (κ3) is 4.41. The second-order valence-corrected chi connectivity index (χ2v) is 7.90. The molecule has 0 saturated carbocycles. The maximum absolute atomic E-state index is 13.0. The smallest absolute Gasteiger partial charge is 0.421 e. The summed E-state index contributed by atoms with van der Waals surface area (Å²) in [6.45, 7) is 2.15. The fourth-order valence-corrected chi connectivity index (χ4v) is 4.07. The Morgan fingerprint density at radius 3 is 2.45 bits per heavy atom. The minimum atomic E-state index is -0.750. The molecule has 7 heteroatoms. The third-order valence-electron chi connectivity index (χ3n) is 4.69. The summed E-state index contributed by atoms with van der Waals surface area (Å²) < 4.78 is 11.9. The van der Waals surface area contributed by atoms with Gasteiger partial charge in [0, 0.05) is 5.56 Å². The molecule has 0 N–H and O–H groups in total. The minimum Gasteiger partial charge on any atom is -0.486 e. The van der Waals surface area contributed by atoms with E-state index in [2.05, 4.69) is 4.98 Å². The summed E-state index contributed by atoms with van der Waals surface area (Å²) in [6, 6.07) is 21.7. The van der Waals surface area contributed by atoms with Crippen LogP contribution in [-0.4, -0.2) is 24.1 Å². The van der Waals surface area contributed by atoms with Crippen molar-refractivity contribution < 1.29 is 19.1 Å². The number of anilines is 1. The van der Waals surface area contributed by atoms with Crippen molar-refractivity contribution in [3.63, 3.8) is 0 Å². The van der Waals surface area contributed by atoms with Crippen molar-refractivity contribution in [2.45, 2.75) is 13.5 Å². The largest absolute Gasteiger partial charge is 0.486 e. The molecule has 31 heavy (non-hydrogen) atoms. The van der Waals surface area contributed by atoms with E-state index in [1.54, 1.807) is 53.8 Å². The number of methoxy groups -OCH3 is 1. The molecule has 2 amide bonds. The highest BCUT2D eigenvalue weighted by molar-refractivity contribution is 7.18. The van der Waals surface area contributed by atoms with Gasteiger partial charge in [0.05, 0.1) is 23.0 Å². The topological polar surface area (TPSA) is 68.7 Å². The molecule has 0 aliphatic heterocycles. The van der Waals surface area contributed by atoms with Crippen molar-refractivity contribution in [2.75, 3.05) is 12.0 Å². The molecule has 0 saturated heterocycles. The van der Waals surface area contributed by atoms with E-state index in [-0.39, 0.29) is 0 Å². The van der Waals surface area contributed by atoms with E-state index in [0.29, 0.717) is 29.2 Å². The van der Waals surface area contributed by atoms with Crippen molar-refractivity contribution in [1.29, 1.82) is 0 Å². The number of amides is 2. The van der Waals surface area contributed by atoms with Crippen molar-refractivity contribution in [3.8, 4) is 5.75 Å². The van der Waals surface area contributed by atoms with Gasteiger partial charge in [-0.3, -0.25) is 4.79 Å². The van der Waals surface area contributed by atoms with Gasteiger partial charge in [0.1, 0.15) is 17.4 Å². The van der Waals surface area contributed by atoms with Gasteiger partial charge in [0.2, 0.25) is 0 Å². The second kappa shape index (κ2) is 8.97. The second-order valence-electron chi connectivity index (χ2n) is 6.79. The van der Waals surface area contributed by atoms with Gasteiger partial charge in [-0.1, -0.05) is 30.3 Å². The monoisotopic (exact) mass is 432 g/mol. The van der Waals surface area contributed by atoms with E-state index >= 15 is 0 Å². The molecule has 0 spiro atoms. The summed E-state index contributed by atoms with van der Waals surface area (Å²) in [6.07, 6.45) is -0.750. The van der Waals surface area contributed by atoms with Gasteiger partial charge in [0.25, 0.3) is 5.91 Å². The number of carbonyl (C=O) groups is 2. The number of fused-ring (bicyclic) bond motifs is 1. The molecule has 1 heterocycles. The average molecular weight is 433 g/mol. The highest BCUT2D eigenvalue weighted by Gasteiger charge is 2.27. The summed E-state index contributed by atoms with van der Waals surface area (Å²) in [5.74, 6) is 0.163. The third-order valence-corrected chi connectivity index (χ3v) is 5.70. The number of ether oxygens (including phenoxy) is 2. The first-order valence-corrected chi connectivity index (χ1v) is 10.4. The molecule has 0 bridgehead atoms. The Balaban J connectivity index is 1.55. The molecule has 1 aromatic heterocycles. The predicted molar refractivity (Wildman–Crippen MR) is 121 cm³/mol. The van der Waals surface area contributed by atoms with Crippen LogP contribution in [0, 0.1) is 6.92 Å². The van der Waals surface area contributed by atoms with E-state index < -0.39 is 12.0 Å². The lowest BCUT2D eigenvalue weighted by Crippen LogP contribution is -2.37. The SMILES string of the molecule is COC(=O)N(C(=O)c1ccccc1)c1ccc(OCc2nc3ccccc3s2)cc1C. The van der Waals surface area contributed by atoms with Gasteiger partial charge in [-0.2, -0.15) is 0 Å². The lowest BCUT2D eigenvalue weighted by Gasteiger charge is -2.22. The van der Waals surface area contributed by atoms with Crippen molar-refractivity contribution in [2.24, 2.45) is 0 Å². The Hall–Kier alpha value is -3.71. The summed E-state index contributed by atoms with van der Waals surface area (Å²) in [4.78, 5) is 31.0. The Kier molecular flexibility index (Phi) is 5.95. The normalized spacial score (nSPS) is 10.6. The first-order valence-electron chi connectivity index (χ1n) is 9.62. The summed E-state index contributed by atoms with van der Waals surface area (Å²) in [5, 5.41) is 0.873. The molecule has 156 valence electrons. The Labute approximate surface area is 183 Å². The van der Waals surface area contributed by atoms with E-state index in [0.717, 1.165) is 20.1 Å². The van der Waals surface area contributed by atoms with Crippen LogP contribution in [0.15, 0.2) is 72.8 Å². The van der Waals surface area contributed by atoms with Crippen LogP contribution in [0.25, 0.3) is 10.2 Å². The highest BCUT2D eigenvalue weighted by Crippen LogP contribution is 2.28. The van der Waals surface area contributed by atoms with Crippen molar-refractivity contribution >= 4 is 39.2 Å². The number of carbonyl (C=O) groups excluding carboxylic acids is 2. The highest BCUT2D eigenvalue weighted by atomic mass is 32.1. The number of imide groups is 1. The summed E-state index contributed by atoms with van der Waals surface area (Å²) in [5.41, 5.74) is 2.48. The number of hydrogen-bond acceptors (Lipinski definition) is 6. The zero-order valence-electron chi connectivity index (χ0n) is 17.1. The quantitative estimate of drug-likeness (QED) is 0.411. The number of aryl methyl sites for hydroxylation is 1. The van der Waals surface area contributed by atoms with Crippen molar-refractivity contribution in [3.05, 3.63) is 88.9 Å². The maximum atomic E-state index is 13.0. The summed E-state index contributed by atoms with van der Waals surface area (Å²) >= 11 is 1.59. The first kappa shape index (κ1) is 20.6. The van der Waals surface area contributed by atoms with Crippen LogP contribution in [0.5, 0.6) is 5.75 Å². The zero-order valence-corrected chi connectivity index (χ0v) is 17.9. The Morgan fingerprint density at radius 1 is 1.00 bits per heavy atom. The number of thiazole rings is 1. The van der Waals surface area contributed by atoms with Crippen LogP contribution < -0.4 is 9.64 Å². The van der Waals surface area contributed by atoms with E-state index in [4.69, 9.17) is 9.47 Å². The van der Waals surface area contributed by atoms with E-state index in [1.165, 1.54) is 7.11 Å². The van der Waals surface area contributed by atoms with E-state index in [1.807, 2.05) is 37.3 Å². The number of benzene rings is 3. The van der Waals surface area contributed by atoms with Crippen LogP contribution in [-0.2, 0) is 11.3 Å². The molecule has 0 aliphatic carbocycles. The van der Waals surface area contributed by atoms with Crippen molar-refractivity contribution in [1.82, 2.24) is 4.98 Å². The predicted octanol–water partition coefficient (Wildman–Crippen LogP) is 5.60. The molecular formula is C24H20N2O4S. The maximum Gasteiger partial charge on any atom is 0.421 e. The van der Waals surface area contributed by atoms with Gasteiger partial charge >= 0.3 is 6.09 Å². The molecule has 0 aliphatic rings. The van der Waals surface area contributed by atoms with E-state index in [9.17, 15) is 9.59 Å². The summed E-state index contributed by atoms with van der Waals surface area (Å²) in [7, 11) is 1.25. The van der Waals surface area contributed by atoms with Gasteiger partial charge in [-0.15, -0.1) is 11.3 Å². The Bertz CT molecular complexity index is 1200. The van der Waals surface area contributed by atoms with Crippen LogP contribution >= 0.6 is 11.3 Å². The number of rotatable bonds is 5. The standard InChI is InChI=1S/C24H20N2O4S/c1-16-14-18(30-15-22-25-19-10-6-7-11-21(19)31-22)12-13-20(16)26(24(28)29-2)23(27)17-8-4-3-5-9-17/h3-14H,15H2,1-2H3. The molecular weight excluding hydrogens is 412 g/mol. The average Bonchev–Trinajstić information content (AvgIpc) is 3.22. The van der Waals surface area contributed by atoms with Gasteiger partial charge in [0.15, 0.2) is 0 Å². The van der Waals surface area contributed by atoms with Gasteiger partial charge in [-0.25, -0.2) is 14.7 Å². The molecule has 0 atom stereocenters. The molecule has 0 radical (unpaired) electrons. The lowest BCUT2D eigenvalue weighted by molar-refractivity contribution is 0.0975. The minimum absolute atomic E-state index is 0.335. The molecule has 4 aromatic rings. The number of aromatic nitrogens is 1. The van der Waals surface area contributed by atoms with Gasteiger partial charge in [-0.05, 0) is 55.0 Å². The molecule has 3 aromatic carbocycles. The zero-order chi connectivity index (χ0) is 21.8. The number of nitrogens with zero attached hydrogens (tertiary/aromatic N) is 2. The fraction of sp³-hybridized carbons (Fsp3) is 0.125. The van der Waals surface area contributed by atoms with Crippen LogP contribution in [0.4, 0.5) is 10.5 Å². The molecule has 0 fully saturated rings. The van der Waals surface area contributed by atoms with Crippen LogP contribution in [0.3, 0.4) is 0 Å². The lowest BCUT2D eigenvalue weighted by atomic mass is 10.1. The molecule has 0 unspecified atom stereocenters.